The van der Waals surface area contributed by atoms with Crippen molar-refractivity contribution in [3.05, 3.63) is 24.1 Å². The van der Waals surface area contributed by atoms with Crippen LogP contribution in [0.2, 0.25) is 0 Å². The highest BCUT2D eigenvalue weighted by atomic mass is 16.3. The molecular weight excluding hydrogens is 278 g/mol. The van der Waals surface area contributed by atoms with Gasteiger partial charge in [-0.25, -0.2) is 4.98 Å². The number of fused-ring (bicyclic) bond motifs is 1. The predicted octanol–water partition coefficient (Wildman–Crippen LogP) is 3.37. The van der Waals surface area contributed by atoms with Crippen molar-refractivity contribution in [3.8, 4) is 0 Å². The summed E-state index contributed by atoms with van der Waals surface area (Å²) in [5.74, 6) is 0.658. The largest absolute Gasteiger partial charge is 0.441 e. The molecule has 0 radical (unpaired) electrons. The molecule has 0 saturated heterocycles. The molecule has 1 aromatic carbocycles. The van der Waals surface area contributed by atoms with Crippen molar-refractivity contribution < 1.29 is 9.21 Å². The van der Waals surface area contributed by atoms with E-state index in [-0.39, 0.29) is 11.3 Å². The Hall–Kier alpha value is -1.88. The lowest BCUT2D eigenvalue weighted by molar-refractivity contribution is -0.118. The number of oxazole rings is 1. The molecule has 1 aromatic heterocycles. The number of carbonyl (C=O) groups is 1. The minimum Gasteiger partial charge on any atom is -0.441 e. The number of nitrogens with two attached hydrogens (primary N) is 1. The summed E-state index contributed by atoms with van der Waals surface area (Å²) in [6.07, 6.45) is 6.21. The topological polar surface area (TPSA) is 81.2 Å². The molecule has 3 N–H and O–H groups in total. The lowest BCUT2D eigenvalue weighted by Crippen LogP contribution is -2.36. The van der Waals surface area contributed by atoms with Crippen LogP contribution in [0.25, 0.3) is 11.1 Å². The van der Waals surface area contributed by atoms with Crippen LogP contribution in [0.5, 0.6) is 0 Å². The Kier molecular flexibility index (Phi) is 4.16. The van der Waals surface area contributed by atoms with Crippen LogP contribution in [0.1, 0.15) is 44.4 Å². The van der Waals surface area contributed by atoms with Gasteiger partial charge in [0.05, 0.1) is 0 Å². The zero-order valence-electron chi connectivity index (χ0n) is 13.0. The summed E-state index contributed by atoms with van der Waals surface area (Å²) in [5, 5.41) is 2.97. The molecule has 5 heteroatoms. The van der Waals surface area contributed by atoms with Crippen molar-refractivity contribution in [1.29, 1.82) is 0 Å². The molecule has 118 valence electrons. The molecule has 5 nitrogen and oxygen atoms in total. The molecule has 3 rings (SSSR count). The third kappa shape index (κ3) is 3.14. The van der Waals surface area contributed by atoms with E-state index in [1.54, 1.807) is 0 Å². The van der Waals surface area contributed by atoms with Gasteiger partial charge in [-0.05, 0) is 36.9 Å². The second-order valence-corrected chi connectivity index (χ2v) is 6.41. The van der Waals surface area contributed by atoms with E-state index in [4.69, 9.17) is 10.2 Å². The van der Waals surface area contributed by atoms with E-state index in [2.05, 4.69) is 10.3 Å². The number of aromatic nitrogens is 1. The SMILES string of the molecule is Cc1nc2ccc(NC(=O)CC3(CN)CCCCC3)cc2o1. The highest BCUT2D eigenvalue weighted by molar-refractivity contribution is 5.93. The van der Waals surface area contributed by atoms with Crippen molar-refractivity contribution in [3.63, 3.8) is 0 Å². The Labute approximate surface area is 130 Å². The van der Waals surface area contributed by atoms with Crippen LogP contribution in [0.4, 0.5) is 5.69 Å². The maximum atomic E-state index is 12.4. The number of benzene rings is 1. The third-order valence-electron chi connectivity index (χ3n) is 4.66. The molecule has 0 spiro atoms. The molecular formula is C17H23N3O2. The molecule has 1 fully saturated rings. The summed E-state index contributed by atoms with van der Waals surface area (Å²) >= 11 is 0. The highest BCUT2D eigenvalue weighted by Gasteiger charge is 2.32. The van der Waals surface area contributed by atoms with Crippen LogP contribution in [-0.2, 0) is 4.79 Å². The van der Waals surface area contributed by atoms with Gasteiger partial charge >= 0.3 is 0 Å². The fraction of sp³-hybridized carbons (Fsp3) is 0.529. The summed E-state index contributed by atoms with van der Waals surface area (Å²) in [6, 6.07) is 5.54. The molecule has 1 saturated carbocycles. The molecule has 1 amide bonds. The molecule has 0 unspecified atom stereocenters. The number of hydrogen-bond acceptors (Lipinski definition) is 4. The smallest absolute Gasteiger partial charge is 0.224 e. The Morgan fingerprint density at radius 1 is 1.36 bits per heavy atom. The van der Waals surface area contributed by atoms with E-state index in [0.29, 0.717) is 24.4 Å². The van der Waals surface area contributed by atoms with E-state index in [0.717, 1.165) is 24.0 Å². The van der Waals surface area contributed by atoms with Gasteiger partial charge in [-0.2, -0.15) is 0 Å². The Balaban J connectivity index is 1.69. The maximum absolute atomic E-state index is 12.4. The van der Waals surface area contributed by atoms with Gasteiger partial charge in [0, 0.05) is 25.1 Å². The van der Waals surface area contributed by atoms with E-state index < -0.39 is 0 Å². The first-order valence-electron chi connectivity index (χ1n) is 7.97. The molecule has 1 aliphatic carbocycles. The first-order chi connectivity index (χ1) is 10.6. The monoisotopic (exact) mass is 301 g/mol. The van der Waals surface area contributed by atoms with Gasteiger partial charge in [0.2, 0.25) is 5.91 Å². The normalized spacial score (nSPS) is 17.5. The summed E-state index contributed by atoms with van der Waals surface area (Å²) in [5.41, 5.74) is 8.18. The van der Waals surface area contributed by atoms with E-state index in [1.807, 2.05) is 25.1 Å². The number of carbonyl (C=O) groups excluding carboxylic acids is 1. The highest BCUT2D eigenvalue weighted by Crippen LogP contribution is 2.38. The summed E-state index contributed by atoms with van der Waals surface area (Å²) in [7, 11) is 0. The molecule has 2 aromatic rings. The van der Waals surface area contributed by atoms with Gasteiger partial charge in [-0.1, -0.05) is 19.3 Å². The van der Waals surface area contributed by atoms with Gasteiger partial charge in [0.25, 0.3) is 0 Å². The van der Waals surface area contributed by atoms with Crippen LogP contribution in [0.3, 0.4) is 0 Å². The third-order valence-corrected chi connectivity index (χ3v) is 4.66. The second-order valence-electron chi connectivity index (χ2n) is 6.41. The van der Waals surface area contributed by atoms with E-state index in [9.17, 15) is 4.79 Å². The molecule has 1 heterocycles. The summed E-state index contributed by atoms with van der Waals surface area (Å²) in [6.45, 7) is 2.40. The van der Waals surface area contributed by atoms with Gasteiger partial charge in [0.1, 0.15) is 5.52 Å². The van der Waals surface area contributed by atoms with Crippen LogP contribution in [-0.4, -0.2) is 17.4 Å². The average molecular weight is 301 g/mol. The van der Waals surface area contributed by atoms with Crippen LogP contribution in [0.15, 0.2) is 22.6 Å². The number of nitrogens with one attached hydrogen (secondary N) is 1. The Morgan fingerprint density at radius 2 is 2.14 bits per heavy atom. The minimum atomic E-state index is -0.0186. The molecule has 0 atom stereocenters. The second kappa shape index (κ2) is 6.08. The molecule has 0 aliphatic heterocycles. The molecule has 1 aliphatic rings. The Morgan fingerprint density at radius 3 is 2.86 bits per heavy atom. The number of hydrogen-bond donors (Lipinski definition) is 2. The maximum Gasteiger partial charge on any atom is 0.224 e. The van der Waals surface area contributed by atoms with E-state index >= 15 is 0 Å². The van der Waals surface area contributed by atoms with E-state index in [1.165, 1.54) is 19.3 Å². The molecule has 22 heavy (non-hydrogen) atoms. The van der Waals surface area contributed by atoms with Crippen molar-refractivity contribution in [2.45, 2.75) is 45.4 Å². The minimum absolute atomic E-state index is 0.0186. The van der Waals surface area contributed by atoms with Crippen molar-refractivity contribution >= 4 is 22.7 Å². The van der Waals surface area contributed by atoms with Crippen molar-refractivity contribution in [2.75, 3.05) is 11.9 Å². The zero-order chi connectivity index (χ0) is 15.6. The summed E-state index contributed by atoms with van der Waals surface area (Å²) in [4.78, 5) is 16.6. The quantitative estimate of drug-likeness (QED) is 0.907. The van der Waals surface area contributed by atoms with Crippen LogP contribution in [0, 0.1) is 12.3 Å². The first-order valence-corrected chi connectivity index (χ1v) is 7.97. The van der Waals surface area contributed by atoms with Crippen molar-refractivity contribution in [2.24, 2.45) is 11.1 Å². The van der Waals surface area contributed by atoms with Gasteiger partial charge in [-0.3, -0.25) is 4.79 Å². The predicted molar refractivity (Wildman–Crippen MR) is 86.6 cm³/mol. The fourth-order valence-electron chi connectivity index (χ4n) is 3.42. The summed E-state index contributed by atoms with van der Waals surface area (Å²) < 4.78 is 5.50. The number of nitrogens with zero attached hydrogens (tertiary/aromatic N) is 1. The van der Waals surface area contributed by atoms with Gasteiger partial charge in [0.15, 0.2) is 11.5 Å². The lowest BCUT2D eigenvalue weighted by atomic mass is 9.71. The fourth-order valence-corrected chi connectivity index (χ4v) is 3.42. The standard InChI is InChI=1S/C17H23N3O2/c1-12-19-14-6-5-13(9-15(14)22-12)20-16(21)10-17(11-18)7-3-2-4-8-17/h5-6,9H,2-4,7-8,10-11,18H2,1H3,(H,20,21). The Bertz CT molecular complexity index is 672. The van der Waals surface area contributed by atoms with Crippen molar-refractivity contribution in [1.82, 2.24) is 4.98 Å². The zero-order valence-corrected chi connectivity index (χ0v) is 13.0. The van der Waals surface area contributed by atoms with Gasteiger partial charge < -0.3 is 15.5 Å². The van der Waals surface area contributed by atoms with Gasteiger partial charge in [-0.15, -0.1) is 0 Å². The number of rotatable bonds is 4. The van der Waals surface area contributed by atoms with Crippen LogP contribution < -0.4 is 11.1 Å². The first kappa shape index (κ1) is 15.0. The number of anilines is 1. The lowest BCUT2D eigenvalue weighted by Gasteiger charge is -2.35. The average Bonchev–Trinajstić information content (AvgIpc) is 2.87. The number of amides is 1. The molecule has 0 bridgehead atoms. The number of aryl methyl sites for hydroxylation is 1. The van der Waals surface area contributed by atoms with Crippen LogP contribution >= 0.6 is 0 Å².